The highest BCUT2D eigenvalue weighted by molar-refractivity contribution is 8.01. The number of ether oxygens (including phenoxy) is 1. The first-order valence-electron chi connectivity index (χ1n) is 5.08. The number of Topliss-reactive ketones (excluding diaryl/α,β-unsaturated/α-hetero) is 1. The SMILES string of the molecule is COc1cccc(C(=O)CSc2nnc(N)s2)c1. The molecule has 2 rings (SSSR count). The molecule has 0 saturated heterocycles. The van der Waals surface area contributed by atoms with Crippen LogP contribution in [0.1, 0.15) is 10.4 Å². The predicted octanol–water partition coefficient (Wildman–Crippen LogP) is 2.10. The van der Waals surface area contributed by atoms with Crippen LogP contribution in [0.2, 0.25) is 0 Å². The van der Waals surface area contributed by atoms with Gasteiger partial charge in [0, 0.05) is 5.56 Å². The number of benzene rings is 1. The Morgan fingerprint density at radius 3 is 3.00 bits per heavy atom. The summed E-state index contributed by atoms with van der Waals surface area (Å²) in [4.78, 5) is 11.9. The van der Waals surface area contributed by atoms with E-state index in [2.05, 4.69) is 10.2 Å². The minimum Gasteiger partial charge on any atom is -0.497 e. The van der Waals surface area contributed by atoms with E-state index in [0.717, 1.165) is 0 Å². The molecule has 1 aromatic carbocycles. The van der Waals surface area contributed by atoms with Gasteiger partial charge in [0.25, 0.3) is 0 Å². The molecule has 0 unspecified atom stereocenters. The van der Waals surface area contributed by atoms with Crippen molar-refractivity contribution in [2.24, 2.45) is 0 Å². The quantitative estimate of drug-likeness (QED) is 0.668. The third-order valence-corrected chi connectivity index (χ3v) is 4.03. The molecule has 0 aliphatic heterocycles. The van der Waals surface area contributed by atoms with Gasteiger partial charge in [-0.15, -0.1) is 10.2 Å². The zero-order chi connectivity index (χ0) is 13.0. The third kappa shape index (κ3) is 3.21. The monoisotopic (exact) mass is 281 g/mol. The molecule has 0 saturated carbocycles. The fraction of sp³-hybridized carbons (Fsp3) is 0.182. The molecule has 7 heteroatoms. The number of anilines is 1. The van der Waals surface area contributed by atoms with Crippen LogP contribution in [-0.2, 0) is 0 Å². The van der Waals surface area contributed by atoms with Gasteiger partial charge in [-0.05, 0) is 12.1 Å². The smallest absolute Gasteiger partial charge is 0.203 e. The summed E-state index contributed by atoms with van der Waals surface area (Å²) < 4.78 is 5.77. The average Bonchev–Trinajstić information content (AvgIpc) is 2.82. The zero-order valence-electron chi connectivity index (χ0n) is 9.62. The summed E-state index contributed by atoms with van der Waals surface area (Å²) >= 11 is 2.61. The van der Waals surface area contributed by atoms with Crippen molar-refractivity contribution in [1.82, 2.24) is 10.2 Å². The van der Waals surface area contributed by atoms with Gasteiger partial charge in [-0.2, -0.15) is 0 Å². The molecule has 5 nitrogen and oxygen atoms in total. The Balaban J connectivity index is 1.99. The first-order chi connectivity index (χ1) is 8.69. The van der Waals surface area contributed by atoms with Crippen molar-refractivity contribution in [3.8, 4) is 5.75 Å². The van der Waals surface area contributed by atoms with E-state index in [1.54, 1.807) is 31.4 Å². The van der Waals surface area contributed by atoms with Gasteiger partial charge < -0.3 is 10.5 Å². The lowest BCUT2D eigenvalue weighted by Gasteiger charge is -2.02. The molecule has 1 aromatic heterocycles. The number of methoxy groups -OCH3 is 1. The molecule has 1 heterocycles. The van der Waals surface area contributed by atoms with Gasteiger partial charge in [0.05, 0.1) is 12.9 Å². The summed E-state index contributed by atoms with van der Waals surface area (Å²) in [5, 5.41) is 7.94. The fourth-order valence-corrected chi connectivity index (χ4v) is 2.82. The van der Waals surface area contributed by atoms with Crippen LogP contribution in [0.4, 0.5) is 5.13 Å². The second kappa shape index (κ2) is 5.83. The van der Waals surface area contributed by atoms with Crippen LogP contribution in [-0.4, -0.2) is 28.8 Å². The van der Waals surface area contributed by atoms with E-state index >= 15 is 0 Å². The van der Waals surface area contributed by atoms with E-state index in [-0.39, 0.29) is 5.78 Å². The molecule has 0 spiro atoms. The van der Waals surface area contributed by atoms with Crippen LogP contribution in [0.5, 0.6) is 5.75 Å². The van der Waals surface area contributed by atoms with E-state index in [0.29, 0.717) is 26.5 Å². The van der Waals surface area contributed by atoms with E-state index in [4.69, 9.17) is 10.5 Å². The summed E-state index contributed by atoms with van der Waals surface area (Å²) in [7, 11) is 1.57. The van der Waals surface area contributed by atoms with Crippen LogP contribution in [0.15, 0.2) is 28.6 Å². The molecule has 0 fully saturated rings. The lowest BCUT2D eigenvalue weighted by molar-refractivity contribution is 0.102. The van der Waals surface area contributed by atoms with Gasteiger partial charge in [0.15, 0.2) is 10.1 Å². The number of hydrogen-bond donors (Lipinski definition) is 1. The molecule has 0 bridgehead atoms. The number of nitrogens with zero attached hydrogens (tertiary/aromatic N) is 2. The average molecular weight is 281 g/mol. The summed E-state index contributed by atoms with van der Waals surface area (Å²) in [5.41, 5.74) is 6.09. The van der Waals surface area contributed by atoms with Crippen LogP contribution in [0, 0.1) is 0 Å². The van der Waals surface area contributed by atoms with Crippen molar-refractivity contribution in [2.45, 2.75) is 4.34 Å². The Labute approximate surface area is 112 Å². The van der Waals surface area contributed by atoms with E-state index in [9.17, 15) is 4.79 Å². The van der Waals surface area contributed by atoms with Crippen LogP contribution in [0.25, 0.3) is 0 Å². The Morgan fingerprint density at radius 1 is 1.50 bits per heavy atom. The molecular weight excluding hydrogens is 270 g/mol. The second-order valence-electron chi connectivity index (χ2n) is 3.35. The summed E-state index contributed by atoms with van der Waals surface area (Å²) in [6.45, 7) is 0. The minimum absolute atomic E-state index is 0.0210. The summed E-state index contributed by atoms with van der Waals surface area (Å²) in [6, 6.07) is 7.08. The van der Waals surface area contributed by atoms with Crippen molar-refractivity contribution < 1.29 is 9.53 Å². The first-order valence-corrected chi connectivity index (χ1v) is 6.88. The van der Waals surface area contributed by atoms with Crippen molar-refractivity contribution in [3.05, 3.63) is 29.8 Å². The van der Waals surface area contributed by atoms with Gasteiger partial charge in [0.1, 0.15) is 5.75 Å². The van der Waals surface area contributed by atoms with Crippen molar-refractivity contribution >= 4 is 34.0 Å². The molecule has 0 aliphatic carbocycles. The van der Waals surface area contributed by atoms with E-state index in [1.807, 2.05) is 0 Å². The van der Waals surface area contributed by atoms with Crippen molar-refractivity contribution in [1.29, 1.82) is 0 Å². The van der Waals surface area contributed by atoms with Crippen LogP contribution < -0.4 is 10.5 Å². The Morgan fingerprint density at radius 2 is 2.33 bits per heavy atom. The van der Waals surface area contributed by atoms with Crippen molar-refractivity contribution in [3.63, 3.8) is 0 Å². The van der Waals surface area contributed by atoms with Crippen LogP contribution >= 0.6 is 23.1 Å². The number of carbonyl (C=O) groups is 1. The van der Waals surface area contributed by atoms with E-state index < -0.39 is 0 Å². The third-order valence-electron chi connectivity index (χ3n) is 2.14. The number of rotatable bonds is 5. The van der Waals surface area contributed by atoms with Gasteiger partial charge in [0.2, 0.25) is 5.13 Å². The normalized spacial score (nSPS) is 10.3. The van der Waals surface area contributed by atoms with Crippen LogP contribution in [0.3, 0.4) is 0 Å². The lowest BCUT2D eigenvalue weighted by atomic mass is 10.1. The first kappa shape index (κ1) is 12.8. The molecule has 94 valence electrons. The standard InChI is InChI=1S/C11H11N3O2S2/c1-16-8-4-2-3-7(5-8)9(15)6-17-11-14-13-10(12)18-11/h2-5H,6H2,1H3,(H2,12,13). The molecule has 18 heavy (non-hydrogen) atoms. The molecule has 0 aliphatic rings. The van der Waals surface area contributed by atoms with Crippen molar-refractivity contribution in [2.75, 3.05) is 18.6 Å². The maximum atomic E-state index is 11.9. The molecule has 2 aromatic rings. The summed E-state index contributed by atoms with van der Waals surface area (Å²) in [5.74, 6) is 1.00. The molecule has 2 N–H and O–H groups in total. The molecule has 0 amide bonds. The summed E-state index contributed by atoms with van der Waals surface area (Å²) in [6.07, 6.45) is 0. The van der Waals surface area contributed by atoms with Gasteiger partial charge in [-0.3, -0.25) is 4.79 Å². The largest absolute Gasteiger partial charge is 0.497 e. The van der Waals surface area contributed by atoms with Gasteiger partial charge in [-0.1, -0.05) is 35.2 Å². The Bertz CT molecular complexity index is 557. The highest BCUT2D eigenvalue weighted by Gasteiger charge is 2.09. The zero-order valence-corrected chi connectivity index (χ0v) is 11.3. The lowest BCUT2D eigenvalue weighted by Crippen LogP contribution is -2.02. The Hall–Kier alpha value is -1.60. The second-order valence-corrected chi connectivity index (χ2v) is 5.58. The number of aromatic nitrogens is 2. The maximum Gasteiger partial charge on any atom is 0.203 e. The number of nitrogens with two attached hydrogens (primary N) is 1. The molecular formula is C11H11N3O2S2. The highest BCUT2D eigenvalue weighted by Crippen LogP contribution is 2.24. The Kier molecular flexibility index (Phi) is 4.16. The predicted molar refractivity (Wildman–Crippen MR) is 72.4 cm³/mol. The van der Waals surface area contributed by atoms with Gasteiger partial charge >= 0.3 is 0 Å². The highest BCUT2D eigenvalue weighted by atomic mass is 32.2. The molecule has 0 atom stereocenters. The number of thioether (sulfide) groups is 1. The maximum absolute atomic E-state index is 11.9. The topological polar surface area (TPSA) is 78.1 Å². The number of hydrogen-bond acceptors (Lipinski definition) is 7. The number of nitrogen functional groups attached to an aromatic ring is 1. The number of ketones is 1. The molecule has 0 radical (unpaired) electrons. The fourth-order valence-electron chi connectivity index (χ4n) is 1.29. The number of carbonyl (C=O) groups excluding carboxylic acids is 1. The van der Waals surface area contributed by atoms with Gasteiger partial charge in [-0.25, -0.2) is 0 Å². The minimum atomic E-state index is 0.0210. The van der Waals surface area contributed by atoms with E-state index in [1.165, 1.54) is 23.1 Å².